The standard InChI is InChI=1S/C16H12Cl2N2O2/c17-10-4-3-5-11(8-10)19-13-9-15(21)20(16(13)22)14-7-2-1-6-12(14)18/h1-8,13,19H,9H2/t13-/m0/s1. The number of carbonyl (C=O) groups is 2. The molecule has 1 atom stereocenters. The number of imide groups is 1. The molecular weight excluding hydrogens is 323 g/mol. The second-order valence-electron chi connectivity index (χ2n) is 4.93. The molecule has 1 fully saturated rings. The molecule has 0 bridgehead atoms. The molecule has 1 aliphatic heterocycles. The summed E-state index contributed by atoms with van der Waals surface area (Å²) in [6.07, 6.45) is 0.0799. The Morgan fingerprint density at radius 2 is 1.82 bits per heavy atom. The lowest BCUT2D eigenvalue weighted by molar-refractivity contribution is -0.121. The van der Waals surface area contributed by atoms with E-state index in [0.29, 0.717) is 21.4 Å². The number of nitrogens with one attached hydrogen (secondary N) is 1. The molecule has 112 valence electrons. The summed E-state index contributed by atoms with van der Waals surface area (Å²) in [5, 5.41) is 3.97. The number of amides is 2. The molecule has 0 unspecified atom stereocenters. The van der Waals surface area contributed by atoms with Crippen molar-refractivity contribution in [3.05, 3.63) is 58.6 Å². The maximum Gasteiger partial charge on any atom is 0.256 e. The first-order chi connectivity index (χ1) is 10.6. The van der Waals surface area contributed by atoms with Crippen LogP contribution >= 0.6 is 23.2 Å². The molecule has 0 spiro atoms. The number of benzene rings is 2. The third kappa shape index (κ3) is 2.80. The van der Waals surface area contributed by atoms with Gasteiger partial charge in [0.05, 0.1) is 17.1 Å². The largest absolute Gasteiger partial charge is 0.373 e. The Bertz CT molecular complexity index is 748. The predicted octanol–water partition coefficient (Wildman–Crippen LogP) is 3.74. The number of anilines is 2. The summed E-state index contributed by atoms with van der Waals surface area (Å²) in [6.45, 7) is 0. The number of halogens is 2. The Kier molecular flexibility index (Phi) is 4.05. The van der Waals surface area contributed by atoms with Gasteiger partial charge in [0, 0.05) is 10.7 Å². The highest BCUT2D eigenvalue weighted by molar-refractivity contribution is 6.36. The van der Waals surface area contributed by atoms with E-state index in [1.807, 2.05) is 0 Å². The average Bonchev–Trinajstić information content (AvgIpc) is 2.74. The summed E-state index contributed by atoms with van der Waals surface area (Å²) in [4.78, 5) is 25.8. The Hall–Kier alpha value is -2.04. The Morgan fingerprint density at radius 3 is 2.55 bits per heavy atom. The van der Waals surface area contributed by atoms with Crippen LogP contribution in [0.1, 0.15) is 6.42 Å². The molecule has 0 aromatic heterocycles. The second kappa shape index (κ2) is 5.99. The summed E-state index contributed by atoms with van der Waals surface area (Å²) in [5.74, 6) is -0.601. The van der Waals surface area contributed by atoms with Gasteiger partial charge in [-0.15, -0.1) is 0 Å². The normalized spacial score (nSPS) is 17.9. The molecule has 4 nitrogen and oxygen atoms in total. The fraction of sp³-hybridized carbons (Fsp3) is 0.125. The predicted molar refractivity (Wildman–Crippen MR) is 87.4 cm³/mol. The van der Waals surface area contributed by atoms with Crippen molar-refractivity contribution in [2.75, 3.05) is 10.2 Å². The molecule has 1 saturated heterocycles. The Balaban J connectivity index is 1.84. The summed E-state index contributed by atoms with van der Waals surface area (Å²) >= 11 is 12.0. The molecule has 2 amide bonds. The fourth-order valence-corrected chi connectivity index (χ4v) is 2.82. The third-order valence-electron chi connectivity index (χ3n) is 3.41. The zero-order valence-electron chi connectivity index (χ0n) is 11.4. The number of carbonyl (C=O) groups excluding carboxylic acids is 2. The molecule has 22 heavy (non-hydrogen) atoms. The van der Waals surface area contributed by atoms with Crippen LogP contribution in [0.25, 0.3) is 0 Å². The first-order valence-electron chi connectivity index (χ1n) is 6.69. The monoisotopic (exact) mass is 334 g/mol. The summed E-state index contributed by atoms with van der Waals surface area (Å²) in [6, 6.07) is 13.2. The van der Waals surface area contributed by atoms with E-state index in [1.165, 1.54) is 0 Å². The average molecular weight is 335 g/mol. The van der Waals surface area contributed by atoms with E-state index in [-0.39, 0.29) is 18.2 Å². The lowest BCUT2D eigenvalue weighted by Gasteiger charge is -2.17. The van der Waals surface area contributed by atoms with Gasteiger partial charge in [-0.05, 0) is 30.3 Å². The molecule has 2 aromatic carbocycles. The van der Waals surface area contributed by atoms with Crippen molar-refractivity contribution >= 4 is 46.4 Å². The molecule has 1 heterocycles. The van der Waals surface area contributed by atoms with Crippen molar-refractivity contribution < 1.29 is 9.59 Å². The van der Waals surface area contributed by atoms with Crippen molar-refractivity contribution in [1.82, 2.24) is 0 Å². The second-order valence-corrected chi connectivity index (χ2v) is 5.77. The number of para-hydroxylation sites is 1. The smallest absolute Gasteiger partial charge is 0.256 e. The quantitative estimate of drug-likeness (QED) is 0.870. The first-order valence-corrected chi connectivity index (χ1v) is 7.45. The third-order valence-corrected chi connectivity index (χ3v) is 3.96. The summed E-state index contributed by atoms with van der Waals surface area (Å²) < 4.78 is 0. The van der Waals surface area contributed by atoms with Crippen LogP contribution in [0.5, 0.6) is 0 Å². The summed E-state index contributed by atoms with van der Waals surface area (Å²) in [7, 11) is 0. The van der Waals surface area contributed by atoms with Crippen LogP contribution in [0.2, 0.25) is 10.0 Å². The van der Waals surface area contributed by atoms with Gasteiger partial charge in [-0.2, -0.15) is 0 Å². The molecule has 0 saturated carbocycles. The van der Waals surface area contributed by atoms with E-state index in [4.69, 9.17) is 23.2 Å². The highest BCUT2D eigenvalue weighted by Crippen LogP contribution is 2.30. The number of hydrogen-bond donors (Lipinski definition) is 1. The van der Waals surface area contributed by atoms with E-state index < -0.39 is 6.04 Å². The van der Waals surface area contributed by atoms with Crippen LogP contribution in [0.3, 0.4) is 0 Å². The molecule has 0 aliphatic carbocycles. The number of nitrogens with zero attached hydrogens (tertiary/aromatic N) is 1. The van der Waals surface area contributed by atoms with Crippen LogP contribution in [0.4, 0.5) is 11.4 Å². The molecule has 1 aliphatic rings. The van der Waals surface area contributed by atoms with E-state index >= 15 is 0 Å². The van der Waals surface area contributed by atoms with Crippen molar-refractivity contribution in [3.63, 3.8) is 0 Å². The van der Waals surface area contributed by atoms with Gasteiger partial charge in [0.15, 0.2) is 0 Å². The number of rotatable bonds is 3. The number of hydrogen-bond acceptors (Lipinski definition) is 3. The molecule has 6 heteroatoms. The van der Waals surface area contributed by atoms with Gasteiger partial charge < -0.3 is 5.32 Å². The molecular formula is C16H12Cl2N2O2. The fourth-order valence-electron chi connectivity index (χ4n) is 2.41. The lowest BCUT2D eigenvalue weighted by Crippen LogP contribution is -2.35. The minimum absolute atomic E-state index is 0.0799. The zero-order chi connectivity index (χ0) is 15.7. The topological polar surface area (TPSA) is 49.4 Å². The van der Waals surface area contributed by atoms with Crippen molar-refractivity contribution in [2.45, 2.75) is 12.5 Å². The SMILES string of the molecule is O=C1C[C@H](Nc2cccc(Cl)c2)C(=O)N1c1ccccc1Cl. The van der Waals surface area contributed by atoms with Gasteiger partial charge in [0.2, 0.25) is 5.91 Å². The van der Waals surface area contributed by atoms with Crippen molar-refractivity contribution in [3.8, 4) is 0 Å². The maximum absolute atomic E-state index is 12.5. The highest BCUT2D eigenvalue weighted by Gasteiger charge is 2.40. The van der Waals surface area contributed by atoms with Crippen LogP contribution in [0, 0.1) is 0 Å². The van der Waals surface area contributed by atoms with E-state index in [1.54, 1.807) is 48.5 Å². The minimum atomic E-state index is -0.623. The van der Waals surface area contributed by atoms with Crippen LogP contribution in [-0.2, 0) is 9.59 Å². The van der Waals surface area contributed by atoms with Gasteiger partial charge in [-0.3, -0.25) is 9.59 Å². The minimum Gasteiger partial charge on any atom is -0.373 e. The van der Waals surface area contributed by atoms with Gasteiger partial charge in [0.25, 0.3) is 5.91 Å². The molecule has 2 aromatic rings. The van der Waals surface area contributed by atoms with Crippen LogP contribution in [0.15, 0.2) is 48.5 Å². The van der Waals surface area contributed by atoms with Crippen LogP contribution < -0.4 is 10.2 Å². The van der Waals surface area contributed by atoms with E-state index in [2.05, 4.69) is 5.32 Å². The van der Waals surface area contributed by atoms with E-state index in [9.17, 15) is 9.59 Å². The molecule has 1 N–H and O–H groups in total. The van der Waals surface area contributed by atoms with Gasteiger partial charge in [-0.25, -0.2) is 4.90 Å². The Morgan fingerprint density at radius 1 is 1.05 bits per heavy atom. The zero-order valence-corrected chi connectivity index (χ0v) is 12.9. The van der Waals surface area contributed by atoms with Crippen molar-refractivity contribution in [2.24, 2.45) is 0 Å². The Labute approximate surface area is 137 Å². The lowest BCUT2D eigenvalue weighted by atomic mass is 10.2. The first kappa shape index (κ1) is 14.9. The molecule has 0 radical (unpaired) electrons. The van der Waals surface area contributed by atoms with Crippen molar-refractivity contribution in [1.29, 1.82) is 0 Å². The van der Waals surface area contributed by atoms with Crippen LogP contribution in [-0.4, -0.2) is 17.9 Å². The summed E-state index contributed by atoms with van der Waals surface area (Å²) in [5.41, 5.74) is 1.11. The van der Waals surface area contributed by atoms with E-state index in [0.717, 1.165) is 4.90 Å². The molecule has 3 rings (SSSR count). The van der Waals surface area contributed by atoms with Gasteiger partial charge in [-0.1, -0.05) is 41.4 Å². The highest BCUT2D eigenvalue weighted by atomic mass is 35.5. The van der Waals surface area contributed by atoms with Gasteiger partial charge >= 0.3 is 0 Å². The maximum atomic E-state index is 12.5. The van der Waals surface area contributed by atoms with Gasteiger partial charge in [0.1, 0.15) is 6.04 Å².